The summed E-state index contributed by atoms with van der Waals surface area (Å²) in [6.07, 6.45) is 5.64. The number of benzene rings is 1. The number of aryl methyl sites for hydroxylation is 1. The lowest BCUT2D eigenvalue weighted by atomic mass is 10.1. The number of H-pyrrole nitrogens is 1. The van der Waals surface area contributed by atoms with Crippen molar-refractivity contribution in [2.75, 3.05) is 6.54 Å². The molecule has 0 saturated heterocycles. The first-order chi connectivity index (χ1) is 10.1. The number of carbonyl (C=O) groups is 1. The van der Waals surface area contributed by atoms with E-state index in [1.165, 1.54) is 22.0 Å². The summed E-state index contributed by atoms with van der Waals surface area (Å²) < 4.78 is 0. The topological polar surface area (TPSA) is 70.9 Å². The zero-order valence-corrected chi connectivity index (χ0v) is 12.5. The standard InChI is InChI=1S/C17H23N3O/c1-11-3-2-4-15-13(10-20-16(11)15)7-8-19-17(21)12-5-6-14(18)9-12/h2-4,10,12,14,20H,5-9,18H2,1H3,(H,19,21). The van der Waals surface area contributed by atoms with Crippen molar-refractivity contribution in [2.45, 2.75) is 38.6 Å². The number of aromatic amines is 1. The minimum absolute atomic E-state index is 0.116. The summed E-state index contributed by atoms with van der Waals surface area (Å²) in [6.45, 7) is 2.79. The molecular formula is C17H23N3O. The molecule has 4 N–H and O–H groups in total. The molecule has 0 spiro atoms. The molecule has 1 saturated carbocycles. The maximum Gasteiger partial charge on any atom is 0.223 e. The highest BCUT2D eigenvalue weighted by Crippen LogP contribution is 2.24. The van der Waals surface area contributed by atoms with E-state index in [2.05, 4.69) is 41.6 Å². The molecule has 1 aromatic carbocycles. The minimum atomic E-state index is 0.116. The van der Waals surface area contributed by atoms with Gasteiger partial charge in [0.05, 0.1) is 0 Å². The van der Waals surface area contributed by atoms with Crippen LogP contribution in [0.3, 0.4) is 0 Å². The molecule has 1 fully saturated rings. The van der Waals surface area contributed by atoms with Crippen LogP contribution in [0.5, 0.6) is 0 Å². The second-order valence-corrected chi connectivity index (χ2v) is 6.12. The van der Waals surface area contributed by atoms with Gasteiger partial charge < -0.3 is 16.0 Å². The predicted molar refractivity (Wildman–Crippen MR) is 85.1 cm³/mol. The average molecular weight is 285 g/mol. The number of rotatable bonds is 4. The van der Waals surface area contributed by atoms with Crippen molar-refractivity contribution in [3.63, 3.8) is 0 Å². The quantitative estimate of drug-likeness (QED) is 0.806. The Bertz CT molecular complexity index is 647. The molecule has 4 nitrogen and oxygen atoms in total. The molecular weight excluding hydrogens is 262 g/mol. The Kier molecular flexibility index (Phi) is 3.97. The van der Waals surface area contributed by atoms with E-state index in [9.17, 15) is 4.79 Å². The van der Waals surface area contributed by atoms with E-state index < -0.39 is 0 Å². The van der Waals surface area contributed by atoms with Crippen LogP contribution in [-0.4, -0.2) is 23.5 Å². The smallest absolute Gasteiger partial charge is 0.223 e. The van der Waals surface area contributed by atoms with Gasteiger partial charge in [0.1, 0.15) is 0 Å². The van der Waals surface area contributed by atoms with Crippen LogP contribution in [0.1, 0.15) is 30.4 Å². The van der Waals surface area contributed by atoms with Gasteiger partial charge in [-0.2, -0.15) is 0 Å². The maximum atomic E-state index is 12.1. The Morgan fingerprint density at radius 2 is 2.29 bits per heavy atom. The molecule has 4 heteroatoms. The number of hydrogen-bond donors (Lipinski definition) is 3. The number of para-hydroxylation sites is 1. The average Bonchev–Trinajstić information content (AvgIpc) is 3.07. The van der Waals surface area contributed by atoms with Gasteiger partial charge in [0, 0.05) is 35.6 Å². The molecule has 0 aliphatic heterocycles. The molecule has 0 bridgehead atoms. The summed E-state index contributed by atoms with van der Waals surface area (Å²) in [6, 6.07) is 6.52. The van der Waals surface area contributed by atoms with E-state index in [-0.39, 0.29) is 17.9 Å². The normalized spacial score (nSPS) is 21.8. The summed E-state index contributed by atoms with van der Waals surface area (Å²) in [5, 5.41) is 4.31. The van der Waals surface area contributed by atoms with Crippen LogP contribution >= 0.6 is 0 Å². The molecule has 2 unspecified atom stereocenters. The second-order valence-electron chi connectivity index (χ2n) is 6.12. The van der Waals surface area contributed by atoms with E-state index in [0.29, 0.717) is 6.54 Å². The first-order valence-corrected chi connectivity index (χ1v) is 7.74. The Morgan fingerprint density at radius 1 is 1.43 bits per heavy atom. The third-order valence-electron chi connectivity index (χ3n) is 4.55. The molecule has 1 aliphatic rings. The number of aromatic nitrogens is 1. The zero-order chi connectivity index (χ0) is 14.8. The molecule has 2 atom stereocenters. The molecule has 1 heterocycles. The number of nitrogens with two attached hydrogens (primary N) is 1. The third-order valence-corrected chi connectivity index (χ3v) is 4.55. The summed E-state index contributed by atoms with van der Waals surface area (Å²) in [5.74, 6) is 0.282. The highest BCUT2D eigenvalue weighted by Gasteiger charge is 2.27. The third kappa shape index (κ3) is 2.95. The van der Waals surface area contributed by atoms with Crippen LogP contribution in [0.2, 0.25) is 0 Å². The Labute approximate surface area is 125 Å². The van der Waals surface area contributed by atoms with Gasteiger partial charge in [0.15, 0.2) is 0 Å². The molecule has 2 aromatic rings. The van der Waals surface area contributed by atoms with Gasteiger partial charge in [-0.3, -0.25) is 4.79 Å². The van der Waals surface area contributed by atoms with Crippen molar-refractivity contribution in [3.05, 3.63) is 35.5 Å². The lowest BCUT2D eigenvalue weighted by molar-refractivity contribution is -0.124. The number of fused-ring (bicyclic) bond motifs is 1. The minimum Gasteiger partial charge on any atom is -0.361 e. The number of carbonyl (C=O) groups excluding carboxylic acids is 1. The van der Waals surface area contributed by atoms with Crippen molar-refractivity contribution < 1.29 is 4.79 Å². The lowest BCUT2D eigenvalue weighted by Crippen LogP contribution is -2.31. The van der Waals surface area contributed by atoms with Crippen molar-refractivity contribution in [1.82, 2.24) is 10.3 Å². The Hall–Kier alpha value is -1.81. The first kappa shape index (κ1) is 14.1. The molecule has 1 aromatic heterocycles. The fraction of sp³-hybridized carbons (Fsp3) is 0.471. The second kappa shape index (κ2) is 5.90. The Morgan fingerprint density at radius 3 is 3.05 bits per heavy atom. The monoisotopic (exact) mass is 285 g/mol. The molecule has 1 aliphatic carbocycles. The molecule has 1 amide bonds. The molecule has 0 radical (unpaired) electrons. The van der Waals surface area contributed by atoms with E-state index >= 15 is 0 Å². The number of amides is 1. The highest BCUT2D eigenvalue weighted by molar-refractivity contribution is 5.86. The summed E-state index contributed by atoms with van der Waals surface area (Å²) in [7, 11) is 0. The zero-order valence-electron chi connectivity index (χ0n) is 12.5. The summed E-state index contributed by atoms with van der Waals surface area (Å²) in [5.41, 5.74) is 9.57. The number of nitrogens with one attached hydrogen (secondary N) is 2. The van der Waals surface area contributed by atoms with Crippen LogP contribution in [0.25, 0.3) is 10.9 Å². The van der Waals surface area contributed by atoms with Gasteiger partial charge in [-0.15, -0.1) is 0 Å². The summed E-state index contributed by atoms with van der Waals surface area (Å²) in [4.78, 5) is 15.4. The maximum absolute atomic E-state index is 12.1. The van der Waals surface area contributed by atoms with E-state index in [1.807, 2.05) is 0 Å². The van der Waals surface area contributed by atoms with Crippen LogP contribution in [-0.2, 0) is 11.2 Å². The van der Waals surface area contributed by atoms with Gasteiger partial charge in [-0.05, 0) is 43.7 Å². The largest absolute Gasteiger partial charge is 0.361 e. The van der Waals surface area contributed by atoms with Crippen molar-refractivity contribution in [1.29, 1.82) is 0 Å². The van der Waals surface area contributed by atoms with Gasteiger partial charge in [-0.25, -0.2) is 0 Å². The van der Waals surface area contributed by atoms with Gasteiger partial charge in [0.2, 0.25) is 5.91 Å². The van der Waals surface area contributed by atoms with Crippen LogP contribution in [0, 0.1) is 12.8 Å². The van der Waals surface area contributed by atoms with Gasteiger partial charge in [-0.1, -0.05) is 18.2 Å². The summed E-state index contributed by atoms with van der Waals surface area (Å²) >= 11 is 0. The van der Waals surface area contributed by atoms with Crippen LogP contribution < -0.4 is 11.1 Å². The first-order valence-electron chi connectivity index (χ1n) is 7.74. The van der Waals surface area contributed by atoms with E-state index in [1.54, 1.807) is 0 Å². The van der Waals surface area contributed by atoms with Gasteiger partial charge in [0.25, 0.3) is 0 Å². The van der Waals surface area contributed by atoms with E-state index in [4.69, 9.17) is 5.73 Å². The molecule has 21 heavy (non-hydrogen) atoms. The van der Waals surface area contributed by atoms with Crippen molar-refractivity contribution in [2.24, 2.45) is 11.7 Å². The molecule has 112 valence electrons. The van der Waals surface area contributed by atoms with Gasteiger partial charge >= 0.3 is 0 Å². The fourth-order valence-electron chi connectivity index (χ4n) is 3.29. The van der Waals surface area contributed by atoms with Crippen LogP contribution in [0.15, 0.2) is 24.4 Å². The van der Waals surface area contributed by atoms with Crippen molar-refractivity contribution >= 4 is 16.8 Å². The van der Waals surface area contributed by atoms with Crippen molar-refractivity contribution in [3.8, 4) is 0 Å². The molecule has 3 rings (SSSR count). The Balaban J connectivity index is 1.57. The number of hydrogen-bond acceptors (Lipinski definition) is 2. The predicted octanol–water partition coefficient (Wildman–Crippen LogP) is 2.26. The fourth-order valence-corrected chi connectivity index (χ4v) is 3.29. The van der Waals surface area contributed by atoms with Crippen LogP contribution in [0.4, 0.5) is 0 Å². The lowest BCUT2D eigenvalue weighted by Gasteiger charge is -2.10. The van der Waals surface area contributed by atoms with E-state index in [0.717, 1.165) is 25.7 Å². The SMILES string of the molecule is Cc1cccc2c(CCNC(=O)C3CCC(N)C3)c[nH]c12. The highest BCUT2D eigenvalue weighted by atomic mass is 16.1.